The van der Waals surface area contributed by atoms with E-state index in [4.69, 9.17) is 4.52 Å². The first-order valence-corrected chi connectivity index (χ1v) is 9.08. The molecule has 2 aromatic carbocycles. The van der Waals surface area contributed by atoms with Gasteiger partial charge in [-0.2, -0.15) is 4.98 Å². The van der Waals surface area contributed by atoms with Gasteiger partial charge in [0, 0.05) is 11.1 Å². The molecule has 0 fully saturated rings. The van der Waals surface area contributed by atoms with Gasteiger partial charge in [-0.05, 0) is 11.4 Å². The number of thiophene rings is 1. The molecule has 4 aromatic rings. The van der Waals surface area contributed by atoms with E-state index in [0.717, 1.165) is 5.56 Å². The smallest absolute Gasteiger partial charge is 0.282 e. The van der Waals surface area contributed by atoms with Gasteiger partial charge in [0.15, 0.2) is 6.54 Å². The van der Waals surface area contributed by atoms with E-state index in [0.29, 0.717) is 18.3 Å². The second-order valence-corrected chi connectivity index (χ2v) is 6.70. The van der Waals surface area contributed by atoms with Gasteiger partial charge in [0.05, 0.1) is 4.88 Å². The molecule has 124 valence electrons. The molecule has 0 aliphatic heterocycles. The molecule has 2 aromatic heterocycles. The van der Waals surface area contributed by atoms with Gasteiger partial charge in [-0.3, -0.25) is 0 Å². The summed E-state index contributed by atoms with van der Waals surface area (Å²) in [6.07, 6.45) is 0. The zero-order chi connectivity index (χ0) is 16.9. The number of rotatable bonds is 6. The van der Waals surface area contributed by atoms with E-state index in [1.807, 2.05) is 36.4 Å². The van der Waals surface area contributed by atoms with Crippen molar-refractivity contribution in [2.45, 2.75) is 12.6 Å². The molecular formula is C20H18N3OS+. The van der Waals surface area contributed by atoms with Crippen LogP contribution in [-0.4, -0.2) is 10.1 Å². The number of hydrogen-bond donors (Lipinski definition) is 1. The first kappa shape index (κ1) is 15.7. The van der Waals surface area contributed by atoms with E-state index in [9.17, 15) is 0 Å². The van der Waals surface area contributed by atoms with Gasteiger partial charge in [-0.25, -0.2) is 0 Å². The summed E-state index contributed by atoms with van der Waals surface area (Å²) in [6.45, 7) is 0.636. The number of nitrogens with zero attached hydrogens (tertiary/aromatic N) is 2. The Balaban J connectivity index is 1.51. The highest BCUT2D eigenvalue weighted by atomic mass is 32.1. The maximum absolute atomic E-state index is 5.43. The van der Waals surface area contributed by atoms with E-state index < -0.39 is 0 Å². The highest BCUT2D eigenvalue weighted by Crippen LogP contribution is 2.22. The van der Waals surface area contributed by atoms with Gasteiger partial charge in [-0.1, -0.05) is 71.9 Å². The Kier molecular flexibility index (Phi) is 4.68. The Morgan fingerprint density at radius 2 is 1.68 bits per heavy atom. The van der Waals surface area contributed by atoms with Crippen LogP contribution in [0.25, 0.3) is 11.4 Å². The third kappa shape index (κ3) is 3.68. The molecule has 2 N–H and O–H groups in total. The fourth-order valence-corrected chi connectivity index (χ4v) is 3.66. The topological polar surface area (TPSA) is 55.5 Å². The van der Waals surface area contributed by atoms with Crippen LogP contribution in [0.3, 0.4) is 0 Å². The van der Waals surface area contributed by atoms with Crippen LogP contribution < -0.4 is 5.32 Å². The van der Waals surface area contributed by atoms with Crippen LogP contribution in [-0.2, 0) is 6.54 Å². The summed E-state index contributed by atoms with van der Waals surface area (Å²) in [5, 5.41) is 8.45. The van der Waals surface area contributed by atoms with Crippen molar-refractivity contribution in [2.75, 3.05) is 0 Å². The van der Waals surface area contributed by atoms with Crippen molar-refractivity contribution in [2.24, 2.45) is 0 Å². The van der Waals surface area contributed by atoms with Crippen molar-refractivity contribution in [3.63, 3.8) is 0 Å². The average Bonchev–Trinajstić information content (AvgIpc) is 3.36. The molecule has 25 heavy (non-hydrogen) atoms. The Morgan fingerprint density at radius 3 is 2.40 bits per heavy atom. The molecule has 0 aliphatic rings. The molecule has 4 nitrogen and oxygen atoms in total. The van der Waals surface area contributed by atoms with Crippen LogP contribution in [0.2, 0.25) is 0 Å². The van der Waals surface area contributed by atoms with Gasteiger partial charge >= 0.3 is 0 Å². The molecule has 1 atom stereocenters. The van der Waals surface area contributed by atoms with Crippen LogP contribution in [0.15, 0.2) is 82.7 Å². The highest BCUT2D eigenvalue weighted by molar-refractivity contribution is 7.10. The summed E-state index contributed by atoms with van der Waals surface area (Å²) < 4.78 is 5.43. The third-order valence-electron chi connectivity index (χ3n) is 4.04. The normalized spacial score (nSPS) is 12.2. The van der Waals surface area contributed by atoms with E-state index >= 15 is 0 Å². The lowest BCUT2D eigenvalue weighted by atomic mass is 10.1. The van der Waals surface area contributed by atoms with Gasteiger partial charge in [-0.15, -0.1) is 11.3 Å². The number of benzene rings is 2. The summed E-state index contributed by atoms with van der Waals surface area (Å²) in [4.78, 5) is 5.84. The molecule has 0 spiro atoms. The maximum Gasteiger partial charge on any atom is 0.282 e. The van der Waals surface area contributed by atoms with Crippen molar-refractivity contribution in [1.29, 1.82) is 0 Å². The zero-order valence-corrected chi connectivity index (χ0v) is 14.4. The summed E-state index contributed by atoms with van der Waals surface area (Å²) in [6, 6.07) is 24.9. The van der Waals surface area contributed by atoms with Crippen LogP contribution in [0.1, 0.15) is 22.4 Å². The lowest BCUT2D eigenvalue weighted by Crippen LogP contribution is -2.83. The Hall–Kier alpha value is -2.76. The fraction of sp³-hybridized carbons (Fsp3) is 0.100. The second-order valence-electron chi connectivity index (χ2n) is 5.72. The molecule has 0 unspecified atom stereocenters. The molecular weight excluding hydrogens is 330 g/mol. The SMILES string of the molecule is c1ccc(-c2noc(C[NH2+][C@@H](c3ccccc3)c3cccs3)n2)cc1. The van der Waals surface area contributed by atoms with Crippen molar-refractivity contribution in [3.8, 4) is 11.4 Å². The van der Waals surface area contributed by atoms with Gasteiger partial charge in [0.2, 0.25) is 5.82 Å². The summed E-state index contributed by atoms with van der Waals surface area (Å²) >= 11 is 1.77. The van der Waals surface area contributed by atoms with Crippen molar-refractivity contribution in [1.82, 2.24) is 10.1 Å². The van der Waals surface area contributed by atoms with Crippen LogP contribution >= 0.6 is 11.3 Å². The lowest BCUT2D eigenvalue weighted by Gasteiger charge is -2.13. The van der Waals surface area contributed by atoms with Crippen molar-refractivity contribution < 1.29 is 9.84 Å². The quantitative estimate of drug-likeness (QED) is 0.579. The predicted octanol–water partition coefficient (Wildman–Crippen LogP) is 3.65. The number of quaternary nitrogens is 1. The maximum atomic E-state index is 5.43. The Morgan fingerprint density at radius 1 is 0.920 bits per heavy atom. The molecule has 0 amide bonds. The molecule has 0 saturated heterocycles. The minimum absolute atomic E-state index is 0.230. The predicted molar refractivity (Wildman–Crippen MR) is 98.0 cm³/mol. The molecule has 0 aliphatic carbocycles. The first-order chi connectivity index (χ1) is 12.4. The second kappa shape index (κ2) is 7.42. The molecule has 5 heteroatoms. The van der Waals surface area contributed by atoms with Crippen LogP contribution in [0, 0.1) is 0 Å². The van der Waals surface area contributed by atoms with Gasteiger partial charge < -0.3 is 9.84 Å². The Labute approximate surface area is 150 Å². The number of hydrogen-bond acceptors (Lipinski definition) is 4. The minimum Gasteiger partial charge on any atom is -0.333 e. The lowest BCUT2D eigenvalue weighted by molar-refractivity contribution is -0.704. The van der Waals surface area contributed by atoms with Gasteiger partial charge in [0.1, 0.15) is 6.04 Å². The molecule has 0 saturated carbocycles. The van der Waals surface area contributed by atoms with E-state index in [1.165, 1.54) is 10.4 Å². The molecule has 0 bridgehead atoms. The number of aromatic nitrogens is 2. The fourth-order valence-electron chi connectivity index (χ4n) is 2.81. The minimum atomic E-state index is 0.230. The molecule has 2 heterocycles. The Bertz CT molecular complexity index is 905. The third-order valence-corrected chi connectivity index (χ3v) is 4.99. The number of nitrogens with two attached hydrogens (primary N) is 1. The van der Waals surface area contributed by atoms with Crippen molar-refractivity contribution in [3.05, 3.63) is 94.5 Å². The van der Waals surface area contributed by atoms with E-state index in [1.54, 1.807) is 11.3 Å². The zero-order valence-electron chi connectivity index (χ0n) is 13.6. The monoisotopic (exact) mass is 348 g/mol. The van der Waals surface area contributed by atoms with Gasteiger partial charge in [0.25, 0.3) is 5.89 Å². The highest BCUT2D eigenvalue weighted by Gasteiger charge is 2.20. The standard InChI is InChI=1S/C20H17N3OS/c1-3-8-15(9-4-1)19(17-12-7-13-25-17)21-14-18-22-20(23-24-18)16-10-5-2-6-11-16/h1-13,19,21H,14H2/p+1/t19-/m0/s1. The summed E-state index contributed by atoms with van der Waals surface area (Å²) in [7, 11) is 0. The molecule has 4 rings (SSSR count). The first-order valence-electron chi connectivity index (χ1n) is 8.20. The van der Waals surface area contributed by atoms with Crippen LogP contribution in [0.5, 0.6) is 0 Å². The van der Waals surface area contributed by atoms with Crippen molar-refractivity contribution >= 4 is 11.3 Å². The summed E-state index contributed by atoms with van der Waals surface area (Å²) in [5.41, 5.74) is 2.24. The van der Waals surface area contributed by atoms with Crippen LogP contribution in [0.4, 0.5) is 0 Å². The summed E-state index contributed by atoms with van der Waals surface area (Å²) in [5.74, 6) is 1.27. The van der Waals surface area contributed by atoms with E-state index in [2.05, 4.69) is 57.2 Å². The average molecular weight is 348 g/mol. The largest absolute Gasteiger partial charge is 0.333 e. The molecule has 0 radical (unpaired) electrons. The van der Waals surface area contributed by atoms with E-state index in [-0.39, 0.29) is 6.04 Å².